The van der Waals surface area contributed by atoms with Crippen LogP contribution in [0.4, 0.5) is 0 Å². The van der Waals surface area contributed by atoms with Crippen molar-refractivity contribution in [3.8, 4) is 6.07 Å². The molecule has 18 heavy (non-hydrogen) atoms. The molecule has 1 fully saturated rings. The van der Waals surface area contributed by atoms with Crippen LogP contribution in [0.1, 0.15) is 0 Å². The summed E-state index contributed by atoms with van der Waals surface area (Å²) in [6.07, 6.45) is 1.73. The van der Waals surface area contributed by atoms with Crippen molar-refractivity contribution >= 4 is 11.9 Å². The van der Waals surface area contributed by atoms with Gasteiger partial charge >= 0.3 is 11.9 Å². The number of carbonyl (C=O) groups is 2. The van der Waals surface area contributed by atoms with Crippen LogP contribution in [0.2, 0.25) is 0 Å². The number of nitrogens with zero attached hydrogens (tertiary/aromatic N) is 2. The molecule has 2 bridgehead atoms. The van der Waals surface area contributed by atoms with Gasteiger partial charge in [0.2, 0.25) is 0 Å². The number of methoxy groups -OCH3 is 2. The van der Waals surface area contributed by atoms with Crippen LogP contribution >= 0.6 is 0 Å². The lowest BCUT2D eigenvalue weighted by molar-refractivity contribution is -0.156. The van der Waals surface area contributed by atoms with Gasteiger partial charge in [0, 0.05) is 11.6 Å². The number of rotatable bonds is 2. The first kappa shape index (κ1) is 12.6. The predicted octanol–water partition coefficient (Wildman–Crippen LogP) is -0.289. The van der Waals surface area contributed by atoms with E-state index in [4.69, 9.17) is 14.7 Å². The Hall–Kier alpha value is -1.87. The van der Waals surface area contributed by atoms with Crippen molar-refractivity contribution in [2.75, 3.05) is 21.3 Å². The molecule has 2 rings (SSSR count). The first-order chi connectivity index (χ1) is 8.56. The summed E-state index contributed by atoms with van der Waals surface area (Å²) < 4.78 is 9.49. The molecule has 0 amide bonds. The van der Waals surface area contributed by atoms with Gasteiger partial charge in [-0.05, 0) is 7.05 Å². The largest absolute Gasteiger partial charge is 0.469 e. The molecule has 0 aromatic rings. The Morgan fingerprint density at radius 2 is 1.83 bits per heavy atom. The van der Waals surface area contributed by atoms with Crippen molar-refractivity contribution < 1.29 is 19.1 Å². The summed E-state index contributed by atoms with van der Waals surface area (Å²) in [5.74, 6) is -2.20. The molecule has 6 nitrogen and oxygen atoms in total. The van der Waals surface area contributed by atoms with Crippen molar-refractivity contribution in [3.63, 3.8) is 0 Å². The third-order valence-corrected chi connectivity index (χ3v) is 3.75. The lowest BCUT2D eigenvalue weighted by Crippen LogP contribution is -2.39. The molecule has 0 unspecified atom stereocenters. The zero-order valence-corrected chi connectivity index (χ0v) is 10.4. The van der Waals surface area contributed by atoms with Gasteiger partial charge < -0.3 is 9.47 Å². The van der Waals surface area contributed by atoms with Crippen molar-refractivity contribution in [3.05, 3.63) is 11.6 Å². The minimum Gasteiger partial charge on any atom is -0.469 e. The molecule has 4 atom stereocenters. The van der Waals surface area contributed by atoms with Crippen LogP contribution in [-0.2, 0) is 19.1 Å². The van der Waals surface area contributed by atoms with E-state index in [-0.39, 0.29) is 6.04 Å². The van der Waals surface area contributed by atoms with E-state index in [0.717, 1.165) is 0 Å². The van der Waals surface area contributed by atoms with Gasteiger partial charge in [-0.25, -0.2) is 0 Å². The van der Waals surface area contributed by atoms with E-state index >= 15 is 0 Å². The van der Waals surface area contributed by atoms with Gasteiger partial charge in [-0.1, -0.05) is 6.08 Å². The summed E-state index contributed by atoms with van der Waals surface area (Å²) in [6, 6.07) is 1.40. The van der Waals surface area contributed by atoms with E-state index in [0.29, 0.717) is 5.57 Å². The van der Waals surface area contributed by atoms with Gasteiger partial charge in [-0.15, -0.1) is 0 Å². The second-order valence-corrected chi connectivity index (χ2v) is 4.43. The molecule has 2 aliphatic rings. The Morgan fingerprint density at radius 3 is 2.33 bits per heavy atom. The zero-order valence-electron chi connectivity index (χ0n) is 10.4. The van der Waals surface area contributed by atoms with E-state index in [1.807, 2.05) is 4.90 Å². The molecule has 0 spiro atoms. The molecule has 1 saturated heterocycles. The minimum absolute atomic E-state index is 0.277. The number of nitriles is 1. The quantitative estimate of drug-likeness (QED) is 0.627. The number of ether oxygens (including phenoxy) is 2. The summed E-state index contributed by atoms with van der Waals surface area (Å²) in [7, 11) is 4.35. The fraction of sp³-hybridized carbons (Fsp3) is 0.583. The van der Waals surface area contributed by atoms with E-state index in [1.165, 1.54) is 14.2 Å². The second-order valence-electron chi connectivity index (χ2n) is 4.43. The number of likely N-dealkylation sites (N-methyl/N-ethyl adjacent to an activating group) is 1. The smallest absolute Gasteiger partial charge is 0.311 e. The topological polar surface area (TPSA) is 79.6 Å². The molecular weight excluding hydrogens is 236 g/mol. The highest BCUT2D eigenvalue weighted by Crippen LogP contribution is 2.45. The molecule has 2 heterocycles. The Labute approximate surface area is 105 Å². The fourth-order valence-electron chi connectivity index (χ4n) is 2.95. The lowest BCUT2D eigenvalue weighted by atomic mass is 9.80. The first-order valence-electron chi connectivity index (χ1n) is 5.56. The van der Waals surface area contributed by atoms with Crippen molar-refractivity contribution in [2.45, 2.75) is 12.1 Å². The van der Waals surface area contributed by atoms with Gasteiger partial charge in [0.05, 0.1) is 38.2 Å². The maximum Gasteiger partial charge on any atom is 0.311 e. The molecule has 0 saturated carbocycles. The number of carbonyl (C=O) groups excluding carboxylic acids is 2. The average molecular weight is 250 g/mol. The van der Waals surface area contributed by atoms with Gasteiger partial charge in [-0.3, -0.25) is 14.5 Å². The summed E-state index contributed by atoms with van der Waals surface area (Å²) >= 11 is 0. The standard InChI is InChI=1S/C12H14N2O4/c1-14-7-4-6(5-13)10(14)9(12(16)18-3)8(7)11(15)17-2/h4,7-10H,1-3H3/t7-,8+,9+,10+/m0/s1. The van der Waals surface area contributed by atoms with Crippen LogP contribution in [0, 0.1) is 23.2 Å². The van der Waals surface area contributed by atoms with Crippen LogP contribution in [-0.4, -0.2) is 50.2 Å². The molecular formula is C12H14N2O4. The second kappa shape index (κ2) is 4.42. The fourth-order valence-corrected chi connectivity index (χ4v) is 2.95. The third kappa shape index (κ3) is 1.51. The Kier molecular flexibility index (Phi) is 3.09. The highest BCUT2D eigenvalue weighted by atomic mass is 16.5. The van der Waals surface area contributed by atoms with Gasteiger partial charge in [-0.2, -0.15) is 5.26 Å². The van der Waals surface area contributed by atoms with Gasteiger partial charge in [0.25, 0.3) is 0 Å². The molecule has 0 N–H and O–H groups in total. The third-order valence-electron chi connectivity index (χ3n) is 3.75. The lowest BCUT2D eigenvalue weighted by Gasteiger charge is -2.23. The normalized spacial score (nSPS) is 33.8. The zero-order chi connectivity index (χ0) is 13.4. The summed E-state index contributed by atoms with van der Waals surface area (Å²) in [5, 5.41) is 9.05. The van der Waals surface area contributed by atoms with Crippen LogP contribution in [0.5, 0.6) is 0 Å². The highest BCUT2D eigenvalue weighted by Gasteiger charge is 2.59. The molecule has 0 radical (unpaired) electrons. The van der Waals surface area contributed by atoms with Crippen LogP contribution in [0.15, 0.2) is 11.6 Å². The maximum absolute atomic E-state index is 11.8. The Bertz CT molecular complexity index is 465. The van der Waals surface area contributed by atoms with Crippen LogP contribution in [0.3, 0.4) is 0 Å². The Balaban J connectivity index is 2.42. The van der Waals surface area contributed by atoms with Crippen LogP contribution < -0.4 is 0 Å². The highest BCUT2D eigenvalue weighted by molar-refractivity contribution is 5.86. The van der Waals surface area contributed by atoms with Crippen LogP contribution in [0.25, 0.3) is 0 Å². The molecule has 96 valence electrons. The molecule has 2 aliphatic heterocycles. The maximum atomic E-state index is 11.8. The van der Waals surface area contributed by atoms with Gasteiger partial charge in [0.15, 0.2) is 0 Å². The molecule has 0 aliphatic carbocycles. The molecule has 6 heteroatoms. The molecule has 0 aromatic heterocycles. The van der Waals surface area contributed by atoms with E-state index in [1.54, 1.807) is 13.1 Å². The summed E-state index contributed by atoms with van der Waals surface area (Å²) in [6.45, 7) is 0. The number of hydrogen-bond acceptors (Lipinski definition) is 6. The number of esters is 2. The van der Waals surface area contributed by atoms with Crippen molar-refractivity contribution in [1.82, 2.24) is 4.90 Å². The summed E-state index contributed by atoms with van der Waals surface area (Å²) in [4.78, 5) is 25.5. The van der Waals surface area contributed by atoms with Crippen molar-refractivity contribution in [1.29, 1.82) is 5.26 Å². The number of hydrogen-bond donors (Lipinski definition) is 0. The van der Waals surface area contributed by atoms with E-state index < -0.39 is 29.8 Å². The predicted molar refractivity (Wildman–Crippen MR) is 60.0 cm³/mol. The Morgan fingerprint density at radius 1 is 1.28 bits per heavy atom. The monoisotopic (exact) mass is 250 g/mol. The average Bonchev–Trinajstić information content (AvgIpc) is 2.86. The SMILES string of the molecule is COC(=O)[C@@H]1[C@H](C(=O)OC)[C@@H]2C=C(C#N)[C@H]1N2C. The molecule has 0 aromatic carbocycles. The van der Waals surface area contributed by atoms with E-state index in [2.05, 4.69) is 6.07 Å². The summed E-state index contributed by atoms with van der Waals surface area (Å²) in [5.41, 5.74) is 0.512. The van der Waals surface area contributed by atoms with Crippen molar-refractivity contribution in [2.24, 2.45) is 11.8 Å². The van der Waals surface area contributed by atoms with E-state index in [9.17, 15) is 9.59 Å². The van der Waals surface area contributed by atoms with Gasteiger partial charge in [0.1, 0.15) is 0 Å². The first-order valence-corrected chi connectivity index (χ1v) is 5.56. The number of fused-ring (bicyclic) bond motifs is 2. The minimum atomic E-state index is -0.669.